The number of rotatable bonds is 6. The van der Waals surface area contributed by atoms with Gasteiger partial charge in [0.05, 0.1) is 0 Å². The van der Waals surface area contributed by atoms with Crippen LogP contribution in [0.15, 0.2) is 53.4 Å². The fourth-order valence-electron chi connectivity index (χ4n) is 1.85. The number of hydrogen-bond acceptors (Lipinski definition) is 3. The van der Waals surface area contributed by atoms with Crippen LogP contribution in [0.25, 0.3) is 0 Å². The summed E-state index contributed by atoms with van der Waals surface area (Å²) in [5.41, 5.74) is 2.69. The van der Waals surface area contributed by atoms with Crippen molar-refractivity contribution >= 4 is 11.8 Å². The maximum atomic E-state index is 13.6. The van der Waals surface area contributed by atoms with Crippen LogP contribution >= 0.6 is 11.8 Å². The van der Waals surface area contributed by atoms with Gasteiger partial charge in [0, 0.05) is 22.3 Å². The molecule has 0 aliphatic carbocycles. The number of hydrogen-bond donors (Lipinski definition) is 2. The molecule has 3 N–H and O–H groups in total. The highest BCUT2D eigenvalue weighted by Gasteiger charge is 2.15. The Morgan fingerprint density at radius 2 is 1.65 bits per heavy atom. The molecule has 0 bridgehead atoms. The normalized spacial score (nSPS) is 12.3. The van der Waals surface area contributed by atoms with Crippen molar-refractivity contribution in [1.29, 1.82) is 0 Å². The lowest BCUT2D eigenvalue weighted by atomic mass is 10.1. The van der Waals surface area contributed by atoms with E-state index in [-0.39, 0.29) is 18.0 Å². The number of halogens is 2. The fraction of sp³-hybridized carbons (Fsp3) is 0.200. The van der Waals surface area contributed by atoms with Crippen molar-refractivity contribution < 1.29 is 8.78 Å². The molecule has 1 unspecified atom stereocenters. The summed E-state index contributed by atoms with van der Waals surface area (Å²) in [4.78, 5) is 1.10. The van der Waals surface area contributed by atoms with Crippen LogP contribution in [0.1, 0.15) is 5.56 Å². The molecule has 2 rings (SSSR count). The Hall–Kier alpha value is -1.43. The van der Waals surface area contributed by atoms with E-state index in [1.54, 1.807) is 11.8 Å². The number of nitrogens with two attached hydrogens (primary N) is 1. The van der Waals surface area contributed by atoms with Gasteiger partial charge in [0.2, 0.25) is 0 Å². The van der Waals surface area contributed by atoms with Gasteiger partial charge in [-0.1, -0.05) is 24.3 Å². The molecule has 0 saturated carbocycles. The van der Waals surface area contributed by atoms with Crippen LogP contribution in [-0.4, -0.2) is 11.8 Å². The fourth-order valence-corrected chi connectivity index (χ4v) is 2.81. The zero-order chi connectivity index (χ0) is 14.4. The highest BCUT2D eigenvalue weighted by atomic mass is 32.2. The van der Waals surface area contributed by atoms with Crippen molar-refractivity contribution in [2.45, 2.75) is 17.4 Å². The van der Waals surface area contributed by atoms with Crippen molar-refractivity contribution in [2.75, 3.05) is 5.75 Å². The monoisotopic (exact) mass is 294 g/mol. The van der Waals surface area contributed by atoms with Gasteiger partial charge >= 0.3 is 0 Å². The zero-order valence-electron chi connectivity index (χ0n) is 10.9. The second kappa shape index (κ2) is 7.38. The smallest absolute Gasteiger partial charge is 0.129 e. The highest BCUT2D eigenvalue weighted by molar-refractivity contribution is 7.99. The van der Waals surface area contributed by atoms with E-state index in [2.05, 4.69) is 5.43 Å². The van der Waals surface area contributed by atoms with Crippen molar-refractivity contribution in [3.05, 3.63) is 65.7 Å². The summed E-state index contributed by atoms with van der Waals surface area (Å²) in [5.74, 6) is 5.05. The minimum atomic E-state index is -0.532. The molecular weight excluding hydrogens is 278 g/mol. The van der Waals surface area contributed by atoms with Crippen LogP contribution in [0.3, 0.4) is 0 Å². The van der Waals surface area contributed by atoms with Crippen molar-refractivity contribution in [1.82, 2.24) is 5.43 Å². The summed E-state index contributed by atoms with van der Waals surface area (Å²) < 4.78 is 27.2. The van der Waals surface area contributed by atoms with Crippen molar-refractivity contribution in [3.8, 4) is 0 Å². The Morgan fingerprint density at radius 1 is 1.00 bits per heavy atom. The average Bonchev–Trinajstić information content (AvgIpc) is 2.47. The van der Waals surface area contributed by atoms with E-state index >= 15 is 0 Å². The molecule has 20 heavy (non-hydrogen) atoms. The van der Waals surface area contributed by atoms with E-state index < -0.39 is 11.6 Å². The lowest BCUT2D eigenvalue weighted by Gasteiger charge is -2.16. The largest absolute Gasteiger partial charge is 0.271 e. The van der Waals surface area contributed by atoms with Crippen LogP contribution in [0, 0.1) is 11.6 Å². The SMILES string of the molecule is NNC(CSc1ccccc1)Cc1c(F)cccc1F. The van der Waals surface area contributed by atoms with Gasteiger partial charge in [0.1, 0.15) is 11.6 Å². The first-order valence-electron chi connectivity index (χ1n) is 6.27. The molecule has 106 valence electrons. The molecule has 2 aromatic carbocycles. The quantitative estimate of drug-likeness (QED) is 0.488. The number of hydrazine groups is 1. The van der Waals surface area contributed by atoms with Gasteiger partial charge in [-0.3, -0.25) is 11.3 Å². The first-order valence-corrected chi connectivity index (χ1v) is 7.26. The first-order chi connectivity index (χ1) is 9.70. The van der Waals surface area contributed by atoms with Gasteiger partial charge in [-0.2, -0.15) is 0 Å². The van der Waals surface area contributed by atoms with Crippen molar-refractivity contribution in [2.24, 2.45) is 5.84 Å². The lowest BCUT2D eigenvalue weighted by Crippen LogP contribution is -2.39. The molecule has 0 spiro atoms. The molecule has 0 heterocycles. The first kappa shape index (κ1) is 15.0. The number of benzene rings is 2. The van der Waals surface area contributed by atoms with E-state index in [1.807, 2.05) is 30.3 Å². The molecule has 0 amide bonds. The van der Waals surface area contributed by atoms with Crippen LogP contribution < -0.4 is 11.3 Å². The summed E-state index contributed by atoms with van der Waals surface area (Å²) in [6.45, 7) is 0. The van der Waals surface area contributed by atoms with Crippen LogP contribution in [0.5, 0.6) is 0 Å². The number of nitrogens with one attached hydrogen (secondary N) is 1. The summed E-state index contributed by atoms with van der Waals surface area (Å²) in [6, 6.07) is 13.5. The molecule has 1 atom stereocenters. The Bertz CT molecular complexity index is 529. The van der Waals surface area contributed by atoms with E-state index in [0.29, 0.717) is 5.75 Å². The molecule has 0 aliphatic heterocycles. The van der Waals surface area contributed by atoms with Gasteiger partial charge in [-0.05, 0) is 30.7 Å². The minimum Gasteiger partial charge on any atom is -0.271 e. The topological polar surface area (TPSA) is 38.0 Å². The van der Waals surface area contributed by atoms with Gasteiger partial charge in [0.25, 0.3) is 0 Å². The van der Waals surface area contributed by atoms with E-state index in [9.17, 15) is 8.78 Å². The standard InChI is InChI=1S/C15H16F2N2S/c16-14-7-4-8-15(17)13(14)9-11(19-18)10-20-12-5-2-1-3-6-12/h1-8,11,19H,9-10,18H2. The Kier molecular flexibility index (Phi) is 5.52. The molecule has 0 radical (unpaired) electrons. The Labute approximate surface area is 121 Å². The molecule has 5 heteroatoms. The number of thioether (sulfide) groups is 1. The Balaban J connectivity index is 1.99. The van der Waals surface area contributed by atoms with Crippen LogP contribution in [-0.2, 0) is 6.42 Å². The second-order valence-electron chi connectivity index (χ2n) is 4.39. The summed E-state index contributed by atoms with van der Waals surface area (Å²) in [7, 11) is 0. The molecule has 2 aromatic rings. The summed E-state index contributed by atoms with van der Waals surface area (Å²) >= 11 is 1.60. The third-order valence-corrected chi connectivity index (χ3v) is 4.12. The predicted octanol–water partition coefficient (Wildman–Crippen LogP) is 3.13. The lowest BCUT2D eigenvalue weighted by molar-refractivity contribution is 0.512. The average molecular weight is 294 g/mol. The maximum Gasteiger partial charge on any atom is 0.129 e. The summed E-state index contributed by atoms with van der Waals surface area (Å²) in [5, 5.41) is 0. The Morgan fingerprint density at radius 3 is 2.25 bits per heavy atom. The van der Waals surface area contributed by atoms with Gasteiger partial charge in [0.15, 0.2) is 0 Å². The molecule has 0 aliphatic rings. The van der Waals surface area contributed by atoms with Gasteiger partial charge < -0.3 is 0 Å². The predicted molar refractivity (Wildman–Crippen MR) is 78.3 cm³/mol. The molecular formula is C15H16F2N2S. The maximum absolute atomic E-state index is 13.6. The second-order valence-corrected chi connectivity index (χ2v) is 5.49. The third kappa shape index (κ3) is 4.03. The molecule has 0 aromatic heterocycles. The van der Waals surface area contributed by atoms with Gasteiger partial charge in [-0.25, -0.2) is 8.78 Å². The van der Waals surface area contributed by atoms with E-state index in [0.717, 1.165) is 4.90 Å². The van der Waals surface area contributed by atoms with Crippen LogP contribution in [0.2, 0.25) is 0 Å². The summed E-state index contributed by atoms with van der Waals surface area (Å²) in [6.07, 6.45) is 0.217. The van der Waals surface area contributed by atoms with E-state index in [4.69, 9.17) is 5.84 Å². The highest BCUT2D eigenvalue weighted by Crippen LogP contribution is 2.20. The van der Waals surface area contributed by atoms with Crippen LogP contribution in [0.4, 0.5) is 8.78 Å². The molecule has 0 fully saturated rings. The molecule has 0 saturated heterocycles. The zero-order valence-corrected chi connectivity index (χ0v) is 11.7. The minimum absolute atomic E-state index is 0.0733. The van der Waals surface area contributed by atoms with Crippen molar-refractivity contribution in [3.63, 3.8) is 0 Å². The molecule has 2 nitrogen and oxygen atoms in total. The van der Waals surface area contributed by atoms with Gasteiger partial charge in [-0.15, -0.1) is 11.8 Å². The van der Waals surface area contributed by atoms with E-state index in [1.165, 1.54) is 18.2 Å². The third-order valence-electron chi connectivity index (χ3n) is 2.94.